The SMILES string of the molecule is OC(CCS)C(O)c1cncnc1Cl. The summed E-state index contributed by atoms with van der Waals surface area (Å²) >= 11 is 9.68. The number of rotatable bonds is 4. The second-order valence-corrected chi connectivity index (χ2v) is 3.60. The lowest BCUT2D eigenvalue weighted by atomic mass is 10.1. The molecule has 0 amide bonds. The van der Waals surface area contributed by atoms with Gasteiger partial charge in [-0.05, 0) is 12.2 Å². The molecule has 6 heteroatoms. The Morgan fingerprint density at radius 3 is 2.79 bits per heavy atom. The quantitative estimate of drug-likeness (QED) is 0.534. The van der Waals surface area contributed by atoms with Crippen LogP contribution in [0.3, 0.4) is 0 Å². The van der Waals surface area contributed by atoms with Gasteiger partial charge in [-0.25, -0.2) is 9.97 Å². The minimum Gasteiger partial charge on any atom is -0.390 e. The molecular formula is C8H11ClN2O2S. The highest BCUT2D eigenvalue weighted by atomic mass is 35.5. The van der Waals surface area contributed by atoms with Crippen molar-refractivity contribution in [1.29, 1.82) is 0 Å². The molecule has 78 valence electrons. The predicted molar refractivity (Wildman–Crippen MR) is 56.5 cm³/mol. The molecule has 2 unspecified atom stereocenters. The van der Waals surface area contributed by atoms with Gasteiger partial charge >= 0.3 is 0 Å². The summed E-state index contributed by atoms with van der Waals surface area (Å²) in [6.45, 7) is 0. The van der Waals surface area contributed by atoms with E-state index < -0.39 is 12.2 Å². The van der Waals surface area contributed by atoms with E-state index in [9.17, 15) is 10.2 Å². The number of aromatic nitrogens is 2. The molecule has 2 N–H and O–H groups in total. The van der Waals surface area contributed by atoms with Crippen molar-refractivity contribution in [3.05, 3.63) is 23.2 Å². The third kappa shape index (κ3) is 2.81. The zero-order valence-corrected chi connectivity index (χ0v) is 8.99. The molecule has 0 aliphatic heterocycles. The fourth-order valence-corrected chi connectivity index (χ4v) is 1.49. The van der Waals surface area contributed by atoms with E-state index in [1.807, 2.05) is 0 Å². The van der Waals surface area contributed by atoms with Crippen LogP contribution in [0, 0.1) is 0 Å². The molecule has 1 aromatic rings. The first kappa shape index (κ1) is 11.7. The highest BCUT2D eigenvalue weighted by molar-refractivity contribution is 7.80. The summed E-state index contributed by atoms with van der Waals surface area (Å²) in [5, 5.41) is 19.3. The standard InChI is InChI=1S/C8H11ClN2O2S/c9-8-5(3-10-4-11-8)7(13)6(12)1-2-14/h3-4,6-7,12-14H,1-2H2. The van der Waals surface area contributed by atoms with Gasteiger partial charge in [0.1, 0.15) is 17.6 Å². The number of halogens is 1. The molecule has 1 aromatic heterocycles. The zero-order chi connectivity index (χ0) is 10.6. The van der Waals surface area contributed by atoms with E-state index in [2.05, 4.69) is 22.6 Å². The molecule has 4 nitrogen and oxygen atoms in total. The lowest BCUT2D eigenvalue weighted by molar-refractivity contribution is 0.0169. The monoisotopic (exact) mass is 234 g/mol. The maximum atomic E-state index is 9.65. The molecule has 0 bridgehead atoms. The first-order valence-electron chi connectivity index (χ1n) is 4.09. The summed E-state index contributed by atoms with van der Waals surface area (Å²) in [7, 11) is 0. The molecule has 0 spiro atoms. The topological polar surface area (TPSA) is 66.2 Å². The molecule has 0 fully saturated rings. The number of nitrogens with zero attached hydrogens (tertiary/aromatic N) is 2. The molecule has 14 heavy (non-hydrogen) atoms. The predicted octanol–water partition coefficient (Wildman–Crippen LogP) is 0.844. The van der Waals surface area contributed by atoms with Crippen molar-refractivity contribution in [3.8, 4) is 0 Å². The molecule has 0 aliphatic rings. The Labute approximate surface area is 92.4 Å². The van der Waals surface area contributed by atoms with Gasteiger partial charge in [0, 0.05) is 11.8 Å². The second kappa shape index (κ2) is 5.50. The molecular weight excluding hydrogens is 224 g/mol. The van der Waals surface area contributed by atoms with E-state index in [1.54, 1.807) is 0 Å². The molecule has 0 aromatic carbocycles. The van der Waals surface area contributed by atoms with E-state index in [4.69, 9.17) is 11.6 Å². The molecule has 0 saturated heterocycles. The van der Waals surface area contributed by atoms with Gasteiger partial charge in [0.25, 0.3) is 0 Å². The van der Waals surface area contributed by atoms with Crippen LogP contribution in [0.2, 0.25) is 5.15 Å². The van der Waals surface area contributed by atoms with Crippen LogP contribution in [0.4, 0.5) is 0 Å². The van der Waals surface area contributed by atoms with Crippen LogP contribution in [0.5, 0.6) is 0 Å². The Balaban J connectivity index is 2.78. The van der Waals surface area contributed by atoms with Gasteiger partial charge in [0.2, 0.25) is 0 Å². The molecule has 0 radical (unpaired) electrons. The van der Waals surface area contributed by atoms with Gasteiger partial charge in [-0.3, -0.25) is 0 Å². The van der Waals surface area contributed by atoms with Crippen molar-refractivity contribution in [2.45, 2.75) is 18.6 Å². The average Bonchev–Trinajstić information content (AvgIpc) is 2.18. The van der Waals surface area contributed by atoms with Gasteiger partial charge in [-0.15, -0.1) is 0 Å². The fraction of sp³-hybridized carbons (Fsp3) is 0.500. The normalized spacial score (nSPS) is 15.1. The Bertz CT molecular complexity index is 300. The van der Waals surface area contributed by atoms with Crippen LogP contribution in [-0.4, -0.2) is 32.0 Å². The number of hydrogen-bond donors (Lipinski definition) is 3. The highest BCUT2D eigenvalue weighted by Gasteiger charge is 2.20. The first-order valence-corrected chi connectivity index (χ1v) is 5.10. The second-order valence-electron chi connectivity index (χ2n) is 2.79. The third-order valence-electron chi connectivity index (χ3n) is 1.80. The van der Waals surface area contributed by atoms with Crippen molar-refractivity contribution in [2.24, 2.45) is 0 Å². The maximum absolute atomic E-state index is 9.65. The van der Waals surface area contributed by atoms with E-state index in [1.165, 1.54) is 12.5 Å². The Hall–Kier alpha value is -0.360. The largest absolute Gasteiger partial charge is 0.390 e. The van der Waals surface area contributed by atoms with Gasteiger partial charge in [0.15, 0.2) is 0 Å². The first-order chi connectivity index (χ1) is 6.66. The Kier molecular flexibility index (Phi) is 4.60. The fourth-order valence-electron chi connectivity index (χ4n) is 1.02. The lowest BCUT2D eigenvalue weighted by Gasteiger charge is -2.17. The van der Waals surface area contributed by atoms with E-state index in [0.29, 0.717) is 17.7 Å². The Morgan fingerprint density at radius 2 is 2.21 bits per heavy atom. The number of aliphatic hydroxyl groups is 2. The molecule has 0 saturated carbocycles. The van der Waals surface area contributed by atoms with Crippen LogP contribution in [0.1, 0.15) is 18.1 Å². The van der Waals surface area contributed by atoms with Crippen LogP contribution < -0.4 is 0 Å². The zero-order valence-electron chi connectivity index (χ0n) is 7.34. The number of thiol groups is 1. The minimum atomic E-state index is -1.06. The van der Waals surface area contributed by atoms with Gasteiger partial charge in [-0.1, -0.05) is 11.6 Å². The highest BCUT2D eigenvalue weighted by Crippen LogP contribution is 2.23. The summed E-state index contributed by atoms with van der Waals surface area (Å²) in [6, 6.07) is 0. The summed E-state index contributed by atoms with van der Waals surface area (Å²) in [4.78, 5) is 7.43. The van der Waals surface area contributed by atoms with Crippen molar-refractivity contribution in [2.75, 3.05) is 5.75 Å². The smallest absolute Gasteiger partial charge is 0.138 e. The van der Waals surface area contributed by atoms with Crippen LogP contribution in [-0.2, 0) is 0 Å². The summed E-state index contributed by atoms with van der Waals surface area (Å²) in [6.07, 6.45) is 1.10. The van der Waals surface area contributed by atoms with Crippen molar-refractivity contribution in [3.63, 3.8) is 0 Å². The van der Waals surface area contributed by atoms with E-state index in [0.717, 1.165) is 0 Å². The number of hydrogen-bond acceptors (Lipinski definition) is 5. The summed E-state index contributed by atoms with van der Waals surface area (Å²) < 4.78 is 0. The van der Waals surface area contributed by atoms with Crippen LogP contribution in [0.15, 0.2) is 12.5 Å². The van der Waals surface area contributed by atoms with Crippen LogP contribution >= 0.6 is 24.2 Å². The average molecular weight is 235 g/mol. The summed E-state index contributed by atoms with van der Waals surface area (Å²) in [5.74, 6) is 0.490. The van der Waals surface area contributed by atoms with Crippen molar-refractivity contribution in [1.82, 2.24) is 9.97 Å². The molecule has 1 rings (SSSR count). The van der Waals surface area contributed by atoms with E-state index in [-0.39, 0.29) is 5.15 Å². The van der Waals surface area contributed by atoms with Gasteiger partial charge < -0.3 is 10.2 Å². The maximum Gasteiger partial charge on any atom is 0.138 e. The number of aliphatic hydroxyl groups excluding tert-OH is 2. The Morgan fingerprint density at radius 1 is 1.50 bits per heavy atom. The van der Waals surface area contributed by atoms with Crippen molar-refractivity contribution >= 4 is 24.2 Å². The van der Waals surface area contributed by atoms with Gasteiger partial charge in [0.05, 0.1) is 6.10 Å². The summed E-state index contributed by atoms with van der Waals surface area (Å²) in [5.41, 5.74) is 0.337. The minimum absolute atomic E-state index is 0.158. The van der Waals surface area contributed by atoms with Gasteiger partial charge in [-0.2, -0.15) is 12.6 Å². The van der Waals surface area contributed by atoms with Crippen LogP contribution in [0.25, 0.3) is 0 Å². The molecule has 1 heterocycles. The molecule has 2 atom stereocenters. The lowest BCUT2D eigenvalue weighted by Crippen LogP contribution is -2.19. The third-order valence-corrected chi connectivity index (χ3v) is 2.37. The molecule has 0 aliphatic carbocycles. The van der Waals surface area contributed by atoms with Crippen molar-refractivity contribution < 1.29 is 10.2 Å². The van der Waals surface area contributed by atoms with E-state index >= 15 is 0 Å².